The molecule has 0 aliphatic heterocycles. The summed E-state index contributed by atoms with van der Waals surface area (Å²) >= 11 is 0. The summed E-state index contributed by atoms with van der Waals surface area (Å²) in [6.07, 6.45) is 9.31. The minimum atomic E-state index is -1.24. The van der Waals surface area contributed by atoms with Gasteiger partial charge in [0.15, 0.2) is 0 Å². The molecule has 0 saturated heterocycles. The molecule has 0 radical (unpaired) electrons. The van der Waals surface area contributed by atoms with Gasteiger partial charge >= 0.3 is 0 Å². The normalized spacial score (nSPS) is 13.0. The third kappa shape index (κ3) is 7.22. The molecule has 0 spiro atoms. The molecule has 146 valence electrons. The van der Waals surface area contributed by atoms with Crippen molar-refractivity contribution in [3.63, 3.8) is 0 Å². The van der Waals surface area contributed by atoms with Crippen LogP contribution in [0.4, 0.5) is 0 Å². The molecular formula is C24H36NPTi. The van der Waals surface area contributed by atoms with E-state index in [4.69, 9.17) is 4.74 Å². The van der Waals surface area contributed by atoms with E-state index in [2.05, 4.69) is 72.9 Å². The standard InChI is InChI=1S/C14H26NP.C10H10.Ti/c1-11(2)16(12(3)4,13(5)6)15-14-9-7-8-10-14;1-3-9(2)10-7-5-4-6-8-10;/h7-9,11-13H,10H2,1-6H3;3-8H,1-2H2;. The van der Waals surface area contributed by atoms with Crippen molar-refractivity contribution < 1.29 is 21.7 Å². The number of nitrogens with zero attached hydrogens (tertiary/aromatic N) is 1. The molecule has 0 N–H and O–H groups in total. The Bertz CT molecular complexity index is 681. The summed E-state index contributed by atoms with van der Waals surface area (Å²) in [7, 11) is -1.24. The molecule has 0 aromatic heterocycles. The zero-order valence-corrected chi connectivity index (χ0v) is 20.4. The molecule has 1 aliphatic rings. The maximum absolute atomic E-state index is 5.22. The predicted molar refractivity (Wildman–Crippen MR) is 122 cm³/mol. The second kappa shape index (κ2) is 12.6. The van der Waals surface area contributed by atoms with E-state index < -0.39 is 7.05 Å². The molecule has 1 aromatic rings. The van der Waals surface area contributed by atoms with E-state index in [1.807, 2.05) is 30.3 Å². The Morgan fingerprint density at radius 3 is 1.89 bits per heavy atom. The number of hydrogen-bond donors (Lipinski definition) is 0. The third-order valence-corrected chi connectivity index (χ3v) is 10.5. The van der Waals surface area contributed by atoms with Gasteiger partial charge in [-0.05, 0) is 41.2 Å². The second-order valence-corrected chi connectivity index (χ2v) is 12.4. The van der Waals surface area contributed by atoms with Crippen LogP contribution < -0.4 is 0 Å². The van der Waals surface area contributed by atoms with Gasteiger partial charge in [-0.1, -0.05) is 103 Å². The van der Waals surface area contributed by atoms with Crippen molar-refractivity contribution >= 4 is 12.6 Å². The molecule has 3 heteroatoms. The van der Waals surface area contributed by atoms with Crippen LogP contribution in [0, 0.1) is 0 Å². The second-order valence-electron chi connectivity index (χ2n) is 7.56. The molecule has 27 heavy (non-hydrogen) atoms. The number of hydrogen-bond acceptors (Lipinski definition) is 1. The molecule has 0 heterocycles. The molecule has 0 atom stereocenters. The molecule has 0 fully saturated rings. The summed E-state index contributed by atoms with van der Waals surface area (Å²) in [6.45, 7) is 21.5. The van der Waals surface area contributed by atoms with Gasteiger partial charge in [0, 0.05) is 33.8 Å². The van der Waals surface area contributed by atoms with Gasteiger partial charge in [0.2, 0.25) is 0 Å². The predicted octanol–water partition coefficient (Wildman–Crippen LogP) is 8.14. The Morgan fingerprint density at radius 2 is 1.52 bits per heavy atom. The fourth-order valence-corrected chi connectivity index (χ4v) is 8.50. The molecular weight excluding hydrogens is 381 g/mol. The van der Waals surface area contributed by atoms with Crippen molar-refractivity contribution in [3.05, 3.63) is 79.1 Å². The molecule has 1 aromatic carbocycles. The van der Waals surface area contributed by atoms with Crippen LogP contribution in [0.5, 0.6) is 0 Å². The first kappa shape index (κ1) is 26.1. The molecule has 0 saturated carbocycles. The quantitative estimate of drug-likeness (QED) is 0.252. The Labute approximate surface area is 182 Å². The average molecular weight is 417 g/mol. The van der Waals surface area contributed by atoms with Crippen molar-refractivity contribution in [1.29, 1.82) is 0 Å². The van der Waals surface area contributed by atoms with Crippen molar-refractivity contribution in [2.75, 3.05) is 0 Å². The van der Waals surface area contributed by atoms with Crippen LogP contribution in [-0.4, -0.2) is 17.0 Å². The van der Waals surface area contributed by atoms with E-state index in [0.29, 0.717) is 17.0 Å². The van der Waals surface area contributed by atoms with Crippen LogP contribution in [-0.2, 0) is 21.7 Å². The zero-order chi connectivity index (χ0) is 19.7. The van der Waals surface area contributed by atoms with Gasteiger partial charge in [0.05, 0.1) is 0 Å². The first-order chi connectivity index (χ1) is 12.3. The van der Waals surface area contributed by atoms with Crippen molar-refractivity contribution in [3.8, 4) is 0 Å². The van der Waals surface area contributed by atoms with Crippen LogP contribution in [0.25, 0.3) is 5.57 Å². The third-order valence-electron chi connectivity index (χ3n) is 4.93. The molecule has 0 unspecified atom stereocenters. The number of benzene rings is 1. The maximum atomic E-state index is 5.22. The summed E-state index contributed by atoms with van der Waals surface area (Å²) in [4.78, 5) is 0. The van der Waals surface area contributed by atoms with Crippen molar-refractivity contribution in [2.45, 2.75) is 64.9 Å². The number of rotatable bonds is 6. The summed E-state index contributed by atoms with van der Waals surface area (Å²) in [5.41, 5.74) is 5.47. The molecule has 0 bridgehead atoms. The smallest absolute Gasteiger partial charge is 0.0425 e. The van der Waals surface area contributed by atoms with Gasteiger partial charge < -0.3 is 0 Å². The monoisotopic (exact) mass is 417 g/mol. The van der Waals surface area contributed by atoms with Crippen LogP contribution in [0.2, 0.25) is 0 Å². The van der Waals surface area contributed by atoms with E-state index >= 15 is 0 Å². The topological polar surface area (TPSA) is 12.4 Å². The van der Waals surface area contributed by atoms with Gasteiger partial charge in [-0.15, -0.1) is 0 Å². The maximum Gasteiger partial charge on any atom is 0.0425 e. The van der Waals surface area contributed by atoms with Crippen LogP contribution in [0.15, 0.2) is 78.2 Å². The summed E-state index contributed by atoms with van der Waals surface area (Å²) in [6, 6.07) is 10.0. The fourth-order valence-electron chi connectivity index (χ4n) is 3.64. The van der Waals surface area contributed by atoms with Gasteiger partial charge in [-0.3, -0.25) is 4.74 Å². The average Bonchev–Trinajstić information content (AvgIpc) is 3.12. The van der Waals surface area contributed by atoms with E-state index in [0.717, 1.165) is 17.6 Å². The first-order valence-corrected chi connectivity index (χ1v) is 11.5. The minimum Gasteiger partial charge on any atom is -0.271 e. The molecule has 2 rings (SSSR count). The fraction of sp³-hybridized carbons (Fsp3) is 0.417. The Hall–Kier alpha value is -0.876. The molecule has 1 nitrogen and oxygen atoms in total. The van der Waals surface area contributed by atoms with Crippen LogP contribution in [0.3, 0.4) is 0 Å². The van der Waals surface area contributed by atoms with E-state index in [1.165, 1.54) is 5.70 Å². The zero-order valence-electron chi connectivity index (χ0n) is 17.9. The van der Waals surface area contributed by atoms with Crippen LogP contribution in [0.1, 0.15) is 53.5 Å². The van der Waals surface area contributed by atoms with E-state index in [1.54, 1.807) is 6.08 Å². The van der Waals surface area contributed by atoms with E-state index in [9.17, 15) is 0 Å². The van der Waals surface area contributed by atoms with Crippen molar-refractivity contribution in [2.24, 2.45) is 4.74 Å². The Balaban J connectivity index is 0.000000531. The summed E-state index contributed by atoms with van der Waals surface area (Å²) in [5, 5.41) is 0. The Morgan fingerprint density at radius 1 is 1.00 bits per heavy atom. The Kier molecular flexibility index (Phi) is 12.1. The van der Waals surface area contributed by atoms with Crippen molar-refractivity contribution in [1.82, 2.24) is 0 Å². The van der Waals surface area contributed by atoms with Gasteiger partial charge in [0.25, 0.3) is 0 Å². The summed E-state index contributed by atoms with van der Waals surface area (Å²) in [5.74, 6) is 0. The van der Waals surface area contributed by atoms with E-state index in [-0.39, 0.29) is 21.7 Å². The van der Waals surface area contributed by atoms with Gasteiger partial charge in [0.1, 0.15) is 0 Å². The first-order valence-electron chi connectivity index (χ1n) is 9.59. The number of allylic oxidation sites excluding steroid dienone is 5. The summed E-state index contributed by atoms with van der Waals surface area (Å²) < 4.78 is 5.22. The van der Waals surface area contributed by atoms with Crippen LogP contribution >= 0.6 is 7.05 Å². The SMILES string of the molecule is C=CC(=C)c1ccccc1.CC(C)P(=NC1=CC=CC1)(C(C)C)C(C)C.[Ti]. The van der Waals surface area contributed by atoms with Gasteiger partial charge in [-0.25, -0.2) is 0 Å². The van der Waals surface area contributed by atoms with Gasteiger partial charge in [-0.2, -0.15) is 0 Å². The largest absolute Gasteiger partial charge is 0.271 e. The molecule has 0 amide bonds. The molecule has 1 aliphatic carbocycles. The minimum absolute atomic E-state index is 0.